The van der Waals surface area contributed by atoms with Gasteiger partial charge in [-0.05, 0) is 30.5 Å². The molecule has 0 fully saturated rings. The number of rotatable bonds is 4. The number of aromatic nitrogens is 4. The van der Waals surface area contributed by atoms with E-state index in [1.54, 1.807) is 0 Å². The molecular formula is C15H17N5O. The van der Waals surface area contributed by atoms with E-state index in [0.29, 0.717) is 16.9 Å². The third-order valence-electron chi connectivity index (χ3n) is 3.50. The maximum Gasteiger partial charge on any atom is 0.285 e. The molecule has 6 heteroatoms. The van der Waals surface area contributed by atoms with Crippen molar-refractivity contribution in [2.24, 2.45) is 0 Å². The Balaban J connectivity index is 2.05. The van der Waals surface area contributed by atoms with E-state index in [9.17, 15) is 4.79 Å². The average molecular weight is 283 g/mol. The summed E-state index contributed by atoms with van der Waals surface area (Å²) in [5.41, 5.74) is 8.32. The molecule has 3 N–H and O–H groups in total. The minimum atomic E-state index is -0.240. The monoisotopic (exact) mass is 283 g/mol. The lowest BCUT2D eigenvalue weighted by molar-refractivity contribution is 0.794. The van der Waals surface area contributed by atoms with Crippen LogP contribution in [0.25, 0.3) is 16.9 Å². The van der Waals surface area contributed by atoms with Crippen LogP contribution in [-0.2, 0) is 6.42 Å². The molecule has 2 aromatic heterocycles. The van der Waals surface area contributed by atoms with Crippen LogP contribution in [0.4, 0.5) is 5.95 Å². The van der Waals surface area contributed by atoms with Crippen molar-refractivity contribution in [2.45, 2.75) is 26.2 Å². The van der Waals surface area contributed by atoms with Crippen LogP contribution in [-0.4, -0.2) is 19.5 Å². The normalized spacial score (nSPS) is 11.1. The van der Waals surface area contributed by atoms with E-state index in [-0.39, 0.29) is 11.5 Å². The van der Waals surface area contributed by atoms with Crippen molar-refractivity contribution in [3.05, 3.63) is 46.5 Å². The van der Waals surface area contributed by atoms with Gasteiger partial charge in [0.25, 0.3) is 5.56 Å². The molecule has 3 aromatic rings. The van der Waals surface area contributed by atoms with Crippen LogP contribution in [0.2, 0.25) is 0 Å². The number of nitrogens with one attached hydrogen (secondary N) is 1. The van der Waals surface area contributed by atoms with Crippen LogP contribution < -0.4 is 11.3 Å². The van der Waals surface area contributed by atoms with Gasteiger partial charge in [-0.15, -0.1) is 0 Å². The number of nitrogens with two attached hydrogens (primary N) is 1. The van der Waals surface area contributed by atoms with Crippen molar-refractivity contribution in [2.75, 3.05) is 5.73 Å². The molecule has 0 amide bonds. The van der Waals surface area contributed by atoms with Crippen LogP contribution in [0.15, 0.2) is 35.4 Å². The predicted molar refractivity (Wildman–Crippen MR) is 82.5 cm³/mol. The number of hydrogen-bond acceptors (Lipinski definition) is 4. The highest BCUT2D eigenvalue weighted by atomic mass is 16.1. The van der Waals surface area contributed by atoms with Gasteiger partial charge in [-0.25, -0.2) is 9.55 Å². The van der Waals surface area contributed by atoms with Gasteiger partial charge in [-0.2, -0.15) is 4.98 Å². The maximum absolute atomic E-state index is 12.4. The zero-order chi connectivity index (χ0) is 14.8. The molecule has 0 unspecified atom stereocenters. The highest BCUT2D eigenvalue weighted by molar-refractivity contribution is 5.70. The number of hydrogen-bond donors (Lipinski definition) is 2. The molecule has 0 spiro atoms. The third kappa shape index (κ3) is 2.40. The Bertz CT molecular complexity index is 816. The Morgan fingerprint density at radius 1 is 1.29 bits per heavy atom. The molecule has 6 nitrogen and oxygen atoms in total. The highest BCUT2D eigenvalue weighted by Crippen LogP contribution is 2.14. The van der Waals surface area contributed by atoms with Gasteiger partial charge in [-0.1, -0.05) is 25.5 Å². The number of nitrogens with zero attached hydrogens (tertiary/aromatic N) is 3. The number of anilines is 1. The first-order valence-corrected chi connectivity index (χ1v) is 7.01. The van der Waals surface area contributed by atoms with E-state index in [1.165, 1.54) is 16.5 Å². The number of unbranched alkanes of at least 4 members (excludes halogenated alkanes) is 1. The topological polar surface area (TPSA) is 89.6 Å². The van der Waals surface area contributed by atoms with Gasteiger partial charge in [0.15, 0.2) is 11.2 Å². The fraction of sp³-hybridized carbons (Fsp3) is 0.267. The lowest BCUT2D eigenvalue weighted by Crippen LogP contribution is -2.23. The van der Waals surface area contributed by atoms with Crippen LogP contribution in [0.1, 0.15) is 25.3 Å². The molecule has 2 heterocycles. The smallest absolute Gasteiger partial charge is 0.285 e. The summed E-state index contributed by atoms with van der Waals surface area (Å²) >= 11 is 0. The molecule has 0 radical (unpaired) electrons. The van der Waals surface area contributed by atoms with E-state index in [2.05, 4.69) is 21.9 Å². The van der Waals surface area contributed by atoms with Crippen molar-refractivity contribution in [3.63, 3.8) is 0 Å². The van der Waals surface area contributed by atoms with Gasteiger partial charge in [0.05, 0.1) is 12.0 Å². The van der Waals surface area contributed by atoms with Gasteiger partial charge in [-0.3, -0.25) is 4.79 Å². The van der Waals surface area contributed by atoms with Gasteiger partial charge < -0.3 is 10.7 Å². The van der Waals surface area contributed by atoms with Crippen molar-refractivity contribution >= 4 is 17.1 Å². The van der Waals surface area contributed by atoms with Gasteiger partial charge in [0, 0.05) is 0 Å². The maximum atomic E-state index is 12.4. The quantitative estimate of drug-likeness (QED) is 0.766. The van der Waals surface area contributed by atoms with Crippen molar-refractivity contribution in [1.29, 1.82) is 0 Å². The van der Waals surface area contributed by atoms with Gasteiger partial charge in [0.1, 0.15) is 0 Å². The summed E-state index contributed by atoms with van der Waals surface area (Å²) in [7, 11) is 0. The van der Waals surface area contributed by atoms with Crippen molar-refractivity contribution in [3.8, 4) is 5.69 Å². The molecule has 0 bridgehead atoms. The summed E-state index contributed by atoms with van der Waals surface area (Å²) in [5.74, 6) is 0.140. The summed E-state index contributed by atoms with van der Waals surface area (Å²) in [6.45, 7) is 2.17. The number of fused-ring (bicyclic) bond motifs is 1. The Kier molecular flexibility index (Phi) is 3.43. The molecule has 0 atom stereocenters. The summed E-state index contributed by atoms with van der Waals surface area (Å²) in [6.07, 6.45) is 4.80. The Morgan fingerprint density at radius 3 is 2.76 bits per heavy atom. The first kappa shape index (κ1) is 13.4. The summed E-state index contributed by atoms with van der Waals surface area (Å²) in [6, 6.07) is 7.83. The second-order valence-electron chi connectivity index (χ2n) is 4.98. The number of H-pyrrole nitrogens is 1. The Hall–Kier alpha value is -2.63. The zero-order valence-electron chi connectivity index (χ0n) is 11.8. The third-order valence-corrected chi connectivity index (χ3v) is 3.50. The molecule has 3 rings (SSSR count). The van der Waals surface area contributed by atoms with Crippen molar-refractivity contribution < 1.29 is 0 Å². The highest BCUT2D eigenvalue weighted by Gasteiger charge is 2.12. The average Bonchev–Trinajstić information content (AvgIpc) is 2.95. The zero-order valence-corrected chi connectivity index (χ0v) is 11.8. The molecule has 0 aliphatic rings. The lowest BCUT2D eigenvalue weighted by atomic mass is 10.1. The lowest BCUT2D eigenvalue weighted by Gasteiger charge is -2.09. The molecule has 0 aliphatic heterocycles. The largest absolute Gasteiger partial charge is 0.369 e. The SMILES string of the molecule is CCCCc1ccc(-n2c(N)nc3nc[nH]c3c2=O)cc1. The second-order valence-corrected chi connectivity index (χ2v) is 4.98. The van der Waals surface area contributed by atoms with E-state index < -0.39 is 0 Å². The van der Waals surface area contributed by atoms with Crippen LogP contribution >= 0.6 is 0 Å². The number of imidazole rings is 1. The van der Waals surface area contributed by atoms with Crippen LogP contribution in [0, 0.1) is 0 Å². The molecular weight excluding hydrogens is 266 g/mol. The number of aryl methyl sites for hydroxylation is 1. The van der Waals surface area contributed by atoms with Gasteiger partial charge >= 0.3 is 0 Å². The van der Waals surface area contributed by atoms with Crippen LogP contribution in [0.3, 0.4) is 0 Å². The van der Waals surface area contributed by atoms with Crippen LogP contribution in [0.5, 0.6) is 0 Å². The van der Waals surface area contributed by atoms with Crippen molar-refractivity contribution in [1.82, 2.24) is 19.5 Å². The fourth-order valence-corrected chi connectivity index (χ4v) is 2.35. The molecule has 1 aromatic carbocycles. The Labute approximate surface area is 121 Å². The van der Waals surface area contributed by atoms with E-state index in [1.807, 2.05) is 24.3 Å². The Morgan fingerprint density at radius 2 is 2.05 bits per heavy atom. The molecule has 108 valence electrons. The summed E-state index contributed by atoms with van der Waals surface area (Å²) in [4.78, 5) is 23.3. The predicted octanol–water partition coefficient (Wildman–Crippen LogP) is 2.03. The van der Waals surface area contributed by atoms with E-state index in [4.69, 9.17) is 5.73 Å². The number of nitrogen functional groups attached to an aromatic ring is 1. The van der Waals surface area contributed by atoms with Gasteiger partial charge in [0.2, 0.25) is 5.95 Å². The van der Waals surface area contributed by atoms with E-state index >= 15 is 0 Å². The molecule has 0 saturated carbocycles. The first-order valence-electron chi connectivity index (χ1n) is 7.01. The first-order chi connectivity index (χ1) is 10.2. The number of aromatic amines is 1. The molecule has 0 saturated heterocycles. The minimum absolute atomic E-state index is 0.140. The minimum Gasteiger partial charge on any atom is -0.369 e. The second kappa shape index (κ2) is 5.40. The summed E-state index contributed by atoms with van der Waals surface area (Å²) < 4.78 is 1.39. The fourth-order valence-electron chi connectivity index (χ4n) is 2.35. The molecule has 0 aliphatic carbocycles. The van der Waals surface area contributed by atoms with E-state index in [0.717, 1.165) is 19.3 Å². The molecule has 21 heavy (non-hydrogen) atoms. The summed E-state index contributed by atoms with van der Waals surface area (Å²) in [5, 5.41) is 0. The number of benzene rings is 1. The standard InChI is InChI=1S/C15H17N5O/c1-2-3-4-10-5-7-11(8-6-10)20-14(21)12-13(18-9-17-12)19-15(20)16/h5-9H,2-4H2,1H3,(H2,16,19)(H,17,18).